The normalized spacial score (nSPS) is 15.1. The van der Waals surface area contributed by atoms with Crippen LogP contribution in [0.4, 0.5) is 0 Å². The number of benzene rings is 1. The lowest BCUT2D eigenvalue weighted by atomic mass is 10.1. The highest BCUT2D eigenvalue weighted by Gasteiger charge is 2.37. The highest BCUT2D eigenvalue weighted by atomic mass is 79.9. The molecule has 3 amide bonds. The second-order valence-electron chi connectivity index (χ2n) is 9.08. The van der Waals surface area contributed by atoms with Crippen molar-refractivity contribution in [1.29, 1.82) is 0 Å². The van der Waals surface area contributed by atoms with Gasteiger partial charge in [0.1, 0.15) is 0 Å². The Morgan fingerprint density at radius 2 is 1.84 bits per heavy atom. The maximum atomic E-state index is 13.5. The van der Waals surface area contributed by atoms with Crippen molar-refractivity contribution in [3.05, 3.63) is 92.0 Å². The molecular formula is C27H22BrN5O3S. The van der Waals surface area contributed by atoms with Crippen molar-refractivity contribution >= 4 is 45.0 Å². The number of hydrogen-bond donors (Lipinski definition) is 1. The Morgan fingerprint density at radius 3 is 2.57 bits per heavy atom. The fourth-order valence-electron chi connectivity index (χ4n) is 4.93. The Hall–Kier alpha value is -3.63. The molecule has 1 unspecified atom stereocenters. The van der Waals surface area contributed by atoms with E-state index in [-0.39, 0.29) is 24.3 Å². The quantitative estimate of drug-likeness (QED) is 0.345. The molecule has 2 aliphatic rings. The van der Waals surface area contributed by atoms with Gasteiger partial charge in [0.15, 0.2) is 0 Å². The highest BCUT2D eigenvalue weighted by Crippen LogP contribution is 2.38. The molecule has 37 heavy (non-hydrogen) atoms. The van der Waals surface area contributed by atoms with Gasteiger partial charge in [0.25, 0.3) is 17.7 Å². The van der Waals surface area contributed by atoms with E-state index < -0.39 is 6.04 Å². The summed E-state index contributed by atoms with van der Waals surface area (Å²) in [6.45, 7) is 0.883. The van der Waals surface area contributed by atoms with Crippen LogP contribution in [0, 0.1) is 0 Å². The minimum Gasteiger partial charge on any atom is -0.346 e. The van der Waals surface area contributed by atoms with Crippen LogP contribution >= 0.6 is 27.3 Å². The minimum atomic E-state index is -0.510. The van der Waals surface area contributed by atoms with Crippen LogP contribution in [0.3, 0.4) is 0 Å². The summed E-state index contributed by atoms with van der Waals surface area (Å²) in [5.74, 6) is -0.929. The summed E-state index contributed by atoms with van der Waals surface area (Å²) in [6.07, 6.45) is 5.66. The predicted octanol–water partition coefficient (Wildman–Crippen LogP) is 4.35. The van der Waals surface area contributed by atoms with Gasteiger partial charge in [-0.15, -0.1) is 11.3 Å². The molecule has 1 N–H and O–H groups in total. The Morgan fingerprint density at radius 1 is 1.08 bits per heavy atom. The third-order valence-corrected chi connectivity index (χ3v) is 8.43. The Balaban J connectivity index is 1.27. The monoisotopic (exact) mass is 575 g/mol. The summed E-state index contributed by atoms with van der Waals surface area (Å²) in [5.41, 5.74) is 3.54. The molecule has 8 nitrogen and oxygen atoms in total. The standard InChI is InChI=1S/C27H22BrN5O3S/c28-21-14-30-33-11-5-9-22-20(24(21)33)13-23(37-22)25(34)31-17(12-16-6-3-4-10-29-16)15-32-26(35)18-7-1-2-8-19(18)27(32)36/h1-4,6-8,10,13-14,17H,5,9,11-12,15H2,(H,31,34). The number of carbonyl (C=O) groups is 3. The average molecular weight is 576 g/mol. The van der Waals surface area contributed by atoms with Crippen molar-refractivity contribution in [2.75, 3.05) is 6.54 Å². The van der Waals surface area contributed by atoms with Gasteiger partial charge in [-0.3, -0.25) is 28.9 Å². The molecule has 1 aromatic carbocycles. The Labute approximate surface area is 225 Å². The topological polar surface area (TPSA) is 97.2 Å². The summed E-state index contributed by atoms with van der Waals surface area (Å²) in [4.78, 5) is 46.8. The van der Waals surface area contributed by atoms with Gasteiger partial charge < -0.3 is 5.32 Å². The van der Waals surface area contributed by atoms with Crippen molar-refractivity contribution in [3.63, 3.8) is 0 Å². The van der Waals surface area contributed by atoms with E-state index in [1.807, 2.05) is 28.9 Å². The number of aromatic nitrogens is 3. The van der Waals surface area contributed by atoms with Gasteiger partial charge in [0, 0.05) is 41.8 Å². The fraction of sp³-hybridized carbons (Fsp3) is 0.222. The molecule has 0 bridgehead atoms. The second kappa shape index (κ2) is 9.68. The zero-order valence-corrected chi connectivity index (χ0v) is 22.1. The van der Waals surface area contributed by atoms with E-state index in [9.17, 15) is 14.4 Å². The van der Waals surface area contributed by atoms with Gasteiger partial charge in [-0.05, 0) is 59.1 Å². The van der Waals surface area contributed by atoms with Crippen LogP contribution in [0.15, 0.2) is 65.4 Å². The number of aryl methyl sites for hydroxylation is 2. The minimum absolute atomic E-state index is 0.0536. The highest BCUT2D eigenvalue weighted by molar-refractivity contribution is 9.10. The van der Waals surface area contributed by atoms with E-state index >= 15 is 0 Å². The number of thiophene rings is 1. The molecule has 186 valence electrons. The third-order valence-electron chi connectivity index (χ3n) is 6.65. The SMILES string of the molecule is O=C(NC(Cc1ccccn1)CN1C(=O)c2ccccc2C1=O)c1cc2c(s1)CCCn1ncc(Br)c1-2. The predicted molar refractivity (Wildman–Crippen MR) is 143 cm³/mol. The van der Waals surface area contributed by atoms with Crippen LogP contribution in [-0.4, -0.2) is 50.0 Å². The fourth-order valence-corrected chi connectivity index (χ4v) is 6.55. The second-order valence-corrected chi connectivity index (χ2v) is 11.1. The molecule has 0 saturated carbocycles. The van der Waals surface area contributed by atoms with Gasteiger partial charge in [-0.25, -0.2) is 0 Å². The zero-order chi connectivity index (χ0) is 25.5. The van der Waals surface area contributed by atoms with Crippen LogP contribution in [0.25, 0.3) is 11.3 Å². The van der Waals surface area contributed by atoms with Crippen LogP contribution in [-0.2, 0) is 19.4 Å². The maximum absolute atomic E-state index is 13.5. The van der Waals surface area contributed by atoms with Crippen molar-refractivity contribution in [1.82, 2.24) is 25.0 Å². The van der Waals surface area contributed by atoms with Crippen LogP contribution in [0.2, 0.25) is 0 Å². The summed E-state index contributed by atoms with van der Waals surface area (Å²) in [7, 11) is 0. The first-order valence-corrected chi connectivity index (χ1v) is 13.6. The van der Waals surface area contributed by atoms with Gasteiger partial charge >= 0.3 is 0 Å². The van der Waals surface area contributed by atoms with Crippen molar-refractivity contribution in [3.8, 4) is 11.3 Å². The number of rotatable bonds is 6. The first kappa shape index (κ1) is 23.7. The van der Waals surface area contributed by atoms with E-state index in [2.05, 4.69) is 31.3 Å². The summed E-state index contributed by atoms with van der Waals surface area (Å²) >= 11 is 5.07. The number of amides is 3. The lowest BCUT2D eigenvalue weighted by Gasteiger charge is -2.23. The van der Waals surface area contributed by atoms with Gasteiger partial charge in [-0.2, -0.15) is 5.10 Å². The molecule has 0 fully saturated rings. The third kappa shape index (κ3) is 4.40. The van der Waals surface area contributed by atoms with Crippen LogP contribution in [0.1, 0.15) is 47.4 Å². The van der Waals surface area contributed by atoms with Crippen molar-refractivity contribution in [2.24, 2.45) is 0 Å². The molecule has 5 heterocycles. The van der Waals surface area contributed by atoms with E-state index in [0.717, 1.165) is 45.7 Å². The molecule has 3 aromatic heterocycles. The molecule has 10 heteroatoms. The largest absolute Gasteiger partial charge is 0.346 e. The summed E-state index contributed by atoms with van der Waals surface area (Å²) in [5, 5.41) is 7.54. The van der Waals surface area contributed by atoms with E-state index in [4.69, 9.17) is 0 Å². The van der Waals surface area contributed by atoms with Crippen molar-refractivity contribution in [2.45, 2.75) is 31.8 Å². The number of hydrogen-bond acceptors (Lipinski definition) is 6. The van der Waals surface area contributed by atoms with Gasteiger partial charge in [-0.1, -0.05) is 18.2 Å². The van der Waals surface area contributed by atoms with Crippen LogP contribution < -0.4 is 5.32 Å². The first-order chi connectivity index (χ1) is 18.0. The number of nitrogens with zero attached hydrogens (tertiary/aromatic N) is 4. The molecule has 0 radical (unpaired) electrons. The van der Waals surface area contributed by atoms with Crippen LogP contribution in [0.5, 0.6) is 0 Å². The molecule has 2 aliphatic heterocycles. The Kier molecular flexibility index (Phi) is 6.21. The zero-order valence-electron chi connectivity index (χ0n) is 19.7. The number of imide groups is 1. The van der Waals surface area contributed by atoms with E-state index in [1.54, 1.807) is 36.7 Å². The van der Waals surface area contributed by atoms with Gasteiger partial charge in [0.05, 0.1) is 38.4 Å². The van der Waals surface area contributed by atoms with Crippen molar-refractivity contribution < 1.29 is 14.4 Å². The smallest absolute Gasteiger partial charge is 0.261 e. The number of carbonyl (C=O) groups excluding carboxylic acids is 3. The molecule has 1 atom stereocenters. The molecule has 0 aliphatic carbocycles. The van der Waals surface area contributed by atoms with Gasteiger partial charge in [0.2, 0.25) is 0 Å². The molecule has 4 aromatic rings. The molecular weight excluding hydrogens is 554 g/mol. The number of halogens is 1. The lowest BCUT2D eigenvalue weighted by Crippen LogP contribution is -2.46. The van der Waals surface area contributed by atoms with E-state index in [1.165, 1.54) is 16.2 Å². The molecule has 6 rings (SSSR count). The first-order valence-electron chi connectivity index (χ1n) is 12.0. The molecule has 0 spiro atoms. The summed E-state index contributed by atoms with van der Waals surface area (Å²) < 4.78 is 2.87. The lowest BCUT2D eigenvalue weighted by molar-refractivity contribution is 0.0628. The number of pyridine rings is 1. The average Bonchev–Trinajstić information content (AvgIpc) is 3.52. The Bertz CT molecular complexity index is 1500. The molecule has 0 saturated heterocycles. The number of fused-ring (bicyclic) bond motifs is 4. The maximum Gasteiger partial charge on any atom is 0.261 e. The summed E-state index contributed by atoms with van der Waals surface area (Å²) in [6, 6.07) is 13.8. The van der Waals surface area contributed by atoms with E-state index in [0.29, 0.717) is 22.4 Å². The number of nitrogens with one attached hydrogen (secondary N) is 1.